The van der Waals surface area contributed by atoms with Crippen LogP contribution in [0, 0.1) is 5.82 Å². The highest BCUT2D eigenvalue weighted by molar-refractivity contribution is 5.97. The van der Waals surface area contributed by atoms with Crippen LogP contribution in [0.5, 0.6) is 5.75 Å². The lowest BCUT2D eigenvalue weighted by Crippen LogP contribution is -2.36. The molecule has 0 radical (unpaired) electrons. The van der Waals surface area contributed by atoms with E-state index < -0.39 is 36.2 Å². The molecule has 0 aromatic heterocycles. The van der Waals surface area contributed by atoms with Crippen LogP contribution >= 0.6 is 0 Å². The van der Waals surface area contributed by atoms with E-state index in [4.69, 9.17) is 9.47 Å². The summed E-state index contributed by atoms with van der Waals surface area (Å²) in [6.45, 7) is 0.932. The van der Waals surface area contributed by atoms with E-state index in [0.717, 1.165) is 0 Å². The van der Waals surface area contributed by atoms with Gasteiger partial charge in [-0.15, -0.1) is 0 Å². The Morgan fingerprint density at radius 1 is 1.07 bits per heavy atom. The van der Waals surface area contributed by atoms with E-state index in [2.05, 4.69) is 10.6 Å². The van der Waals surface area contributed by atoms with Crippen LogP contribution in [-0.4, -0.2) is 37.5 Å². The molecule has 2 amide bonds. The molecule has 2 rings (SSSR count). The Kier molecular flexibility index (Phi) is 6.87. The van der Waals surface area contributed by atoms with E-state index in [0.29, 0.717) is 11.3 Å². The van der Waals surface area contributed by atoms with E-state index >= 15 is 0 Å². The summed E-state index contributed by atoms with van der Waals surface area (Å²) in [6, 6.07) is 11.9. The van der Waals surface area contributed by atoms with Crippen LogP contribution in [0.4, 0.5) is 10.1 Å². The number of para-hydroxylation sites is 1. The number of nitrogens with one attached hydrogen (secondary N) is 2. The third-order valence-corrected chi connectivity index (χ3v) is 3.55. The Morgan fingerprint density at radius 3 is 2.37 bits per heavy atom. The van der Waals surface area contributed by atoms with Crippen LogP contribution in [0.1, 0.15) is 17.3 Å². The molecule has 0 saturated carbocycles. The number of methoxy groups -OCH3 is 1. The molecule has 0 aliphatic carbocycles. The third kappa shape index (κ3) is 5.81. The minimum atomic E-state index is -1.16. The highest BCUT2D eigenvalue weighted by Crippen LogP contribution is 2.13. The van der Waals surface area contributed by atoms with Gasteiger partial charge in [0.15, 0.2) is 6.10 Å². The Hall–Kier alpha value is -3.42. The summed E-state index contributed by atoms with van der Waals surface area (Å²) in [4.78, 5) is 35.7. The number of rotatable bonds is 7. The minimum Gasteiger partial charge on any atom is -0.497 e. The largest absolute Gasteiger partial charge is 0.497 e. The van der Waals surface area contributed by atoms with Gasteiger partial charge in [-0.3, -0.25) is 14.4 Å². The molecule has 0 aliphatic rings. The summed E-state index contributed by atoms with van der Waals surface area (Å²) < 4.78 is 23.5. The molecule has 1 atom stereocenters. The van der Waals surface area contributed by atoms with Crippen LogP contribution in [0.3, 0.4) is 0 Å². The van der Waals surface area contributed by atoms with Crippen molar-refractivity contribution in [1.82, 2.24) is 5.32 Å². The normalized spacial score (nSPS) is 11.2. The van der Waals surface area contributed by atoms with Gasteiger partial charge in [-0.2, -0.15) is 0 Å². The fourth-order valence-electron chi connectivity index (χ4n) is 2.09. The molecule has 0 fully saturated rings. The van der Waals surface area contributed by atoms with Gasteiger partial charge in [-0.05, 0) is 43.3 Å². The van der Waals surface area contributed by atoms with E-state index in [1.54, 1.807) is 30.3 Å². The fraction of sp³-hybridized carbons (Fsp3) is 0.211. The Labute approximate surface area is 155 Å². The summed E-state index contributed by atoms with van der Waals surface area (Å²) in [7, 11) is 1.51. The lowest BCUT2D eigenvalue weighted by molar-refractivity contribution is -0.152. The first-order valence-corrected chi connectivity index (χ1v) is 8.08. The van der Waals surface area contributed by atoms with Gasteiger partial charge in [0.1, 0.15) is 18.1 Å². The molecule has 0 bridgehead atoms. The molecule has 142 valence electrons. The quantitative estimate of drug-likeness (QED) is 0.724. The van der Waals surface area contributed by atoms with Crippen LogP contribution in [0.2, 0.25) is 0 Å². The molecule has 27 heavy (non-hydrogen) atoms. The Morgan fingerprint density at radius 2 is 1.74 bits per heavy atom. The SMILES string of the molecule is COc1ccc(C(=O)NCC(=O)O[C@H](C)C(=O)Nc2ccccc2F)cc1. The van der Waals surface area contributed by atoms with Gasteiger partial charge in [0, 0.05) is 5.56 Å². The second-order valence-electron chi connectivity index (χ2n) is 5.51. The van der Waals surface area contributed by atoms with Gasteiger partial charge in [0.2, 0.25) is 0 Å². The number of esters is 1. The molecule has 2 aromatic carbocycles. The number of hydrogen-bond donors (Lipinski definition) is 2. The molecular weight excluding hydrogens is 355 g/mol. The number of carbonyl (C=O) groups excluding carboxylic acids is 3. The molecule has 7 nitrogen and oxygen atoms in total. The van der Waals surface area contributed by atoms with Gasteiger partial charge in [-0.1, -0.05) is 12.1 Å². The number of amides is 2. The molecule has 0 heterocycles. The molecule has 0 aliphatic heterocycles. The van der Waals surface area contributed by atoms with Gasteiger partial charge in [0.25, 0.3) is 11.8 Å². The van der Waals surface area contributed by atoms with Crippen molar-refractivity contribution < 1.29 is 28.2 Å². The van der Waals surface area contributed by atoms with Crippen LogP contribution in [0.25, 0.3) is 0 Å². The van der Waals surface area contributed by atoms with Crippen molar-refractivity contribution in [3.8, 4) is 5.75 Å². The minimum absolute atomic E-state index is 0.0155. The van der Waals surface area contributed by atoms with Crippen molar-refractivity contribution in [3.05, 3.63) is 59.9 Å². The summed E-state index contributed by atoms with van der Waals surface area (Å²) >= 11 is 0. The zero-order valence-corrected chi connectivity index (χ0v) is 14.8. The zero-order chi connectivity index (χ0) is 19.8. The van der Waals surface area contributed by atoms with E-state index in [-0.39, 0.29) is 5.69 Å². The predicted octanol–water partition coefficient (Wildman–Crippen LogP) is 2.13. The molecule has 0 unspecified atom stereocenters. The molecule has 2 N–H and O–H groups in total. The second-order valence-corrected chi connectivity index (χ2v) is 5.51. The number of carbonyl (C=O) groups is 3. The maximum absolute atomic E-state index is 13.5. The number of hydrogen-bond acceptors (Lipinski definition) is 5. The van der Waals surface area contributed by atoms with Crippen molar-refractivity contribution in [2.45, 2.75) is 13.0 Å². The monoisotopic (exact) mass is 374 g/mol. The van der Waals surface area contributed by atoms with Crippen molar-refractivity contribution in [3.63, 3.8) is 0 Å². The first kappa shape index (κ1) is 19.9. The molecule has 8 heteroatoms. The number of halogens is 1. The average Bonchev–Trinajstić information content (AvgIpc) is 2.67. The van der Waals surface area contributed by atoms with Gasteiger partial charge >= 0.3 is 5.97 Å². The van der Waals surface area contributed by atoms with E-state index in [9.17, 15) is 18.8 Å². The Bertz CT molecular complexity index is 823. The summed E-state index contributed by atoms with van der Waals surface area (Å²) in [5, 5.41) is 4.72. The predicted molar refractivity (Wildman–Crippen MR) is 95.9 cm³/mol. The van der Waals surface area contributed by atoms with E-state index in [1.165, 1.54) is 32.2 Å². The topological polar surface area (TPSA) is 93.7 Å². The van der Waals surface area contributed by atoms with E-state index in [1.807, 2.05) is 0 Å². The molecule has 0 saturated heterocycles. The van der Waals surface area contributed by atoms with Crippen LogP contribution in [0.15, 0.2) is 48.5 Å². The standard InChI is InChI=1S/C19H19FN2O5/c1-12(18(24)22-16-6-4-3-5-15(16)20)27-17(23)11-21-19(25)13-7-9-14(26-2)10-8-13/h3-10,12H,11H2,1-2H3,(H,21,25)(H,22,24)/t12-/m1/s1. The molecular formula is C19H19FN2O5. The summed E-state index contributed by atoms with van der Waals surface area (Å²) in [5.74, 6) is -1.96. The molecule has 2 aromatic rings. The van der Waals surface area contributed by atoms with Crippen molar-refractivity contribution in [1.29, 1.82) is 0 Å². The van der Waals surface area contributed by atoms with Crippen molar-refractivity contribution in [2.75, 3.05) is 19.0 Å². The van der Waals surface area contributed by atoms with Gasteiger partial charge in [-0.25, -0.2) is 4.39 Å². The Balaban J connectivity index is 1.81. The zero-order valence-electron chi connectivity index (χ0n) is 14.8. The van der Waals surface area contributed by atoms with Crippen molar-refractivity contribution >= 4 is 23.5 Å². The second kappa shape index (κ2) is 9.33. The number of anilines is 1. The number of ether oxygens (including phenoxy) is 2. The number of benzene rings is 2. The third-order valence-electron chi connectivity index (χ3n) is 3.55. The summed E-state index contributed by atoms with van der Waals surface area (Å²) in [5.41, 5.74) is 0.326. The maximum Gasteiger partial charge on any atom is 0.326 e. The van der Waals surface area contributed by atoms with Crippen LogP contribution < -0.4 is 15.4 Å². The highest BCUT2D eigenvalue weighted by Gasteiger charge is 2.19. The van der Waals surface area contributed by atoms with Crippen molar-refractivity contribution in [2.24, 2.45) is 0 Å². The first-order chi connectivity index (χ1) is 12.9. The maximum atomic E-state index is 13.5. The van der Waals surface area contributed by atoms with Gasteiger partial charge in [0.05, 0.1) is 12.8 Å². The lowest BCUT2D eigenvalue weighted by Gasteiger charge is -2.14. The molecule has 0 spiro atoms. The average molecular weight is 374 g/mol. The summed E-state index contributed by atoms with van der Waals surface area (Å²) in [6.07, 6.45) is -1.16. The fourth-order valence-corrected chi connectivity index (χ4v) is 2.09. The lowest BCUT2D eigenvalue weighted by atomic mass is 10.2. The first-order valence-electron chi connectivity index (χ1n) is 8.08. The smallest absolute Gasteiger partial charge is 0.326 e. The van der Waals surface area contributed by atoms with Gasteiger partial charge < -0.3 is 20.1 Å². The van der Waals surface area contributed by atoms with Crippen LogP contribution in [-0.2, 0) is 14.3 Å². The highest BCUT2D eigenvalue weighted by atomic mass is 19.1.